The highest BCUT2D eigenvalue weighted by atomic mass is 19.4. The Hall–Kier alpha value is -2.32. The Kier molecular flexibility index (Phi) is 3.51. The summed E-state index contributed by atoms with van der Waals surface area (Å²) in [6.45, 7) is 3.39. The first-order chi connectivity index (χ1) is 9.25. The molecular weight excluding hydrogens is 275 g/mol. The van der Waals surface area contributed by atoms with E-state index in [1.165, 1.54) is 12.3 Å². The summed E-state index contributed by atoms with van der Waals surface area (Å²) >= 11 is 0. The van der Waals surface area contributed by atoms with E-state index >= 15 is 0 Å². The second-order valence-electron chi connectivity index (χ2n) is 4.17. The van der Waals surface area contributed by atoms with Crippen molar-refractivity contribution in [2.75, 3.05) is 11.1 Å². The number of halogens is 3. The molecule has 20 heavy (non-hydrogen) atoms. The Balaban J connectivity index is 2.23. The lowest BCUT2D eigenvalue weighted by Gasteiger charge is -2.13. The Morgan fingerprint density at radius 1 is 1.35 bits per heavy atom. The first-order valence-electron chi connectivity index (χ1n) is 5.66. The van der Waals surface area contributed by atoms with Crippen molar-refractivity contribution in [3.05, 3.63) is 29.7 Å². The molecule has 2 aromatic rings. The maximum atomic E-state index is 12.6. The van der Waals surface area contributed by atoms with Gasteiger partial charge in [-0.15, -0.1) is 0 Å². The lowest BCUT2D eigenvalue weighted by molar-refractivity contribution is -0.144. The van der Waals surface area contributed by atoms with Crippen LogP contribution in [0, 0.1) is 6.92 Å². The van der Waals surface area contributed by atoms with Crippen molar-refractivity contribution in [2.24, 2.45) is 0 Å². The number of nitrogens with one attached hydrogen (secondary N) is 1. The van der Waals surface area contributed by atoms with Crippen LogP contribution in [0.4, 0.5) is 24.8 Å². The Labute approximate surface area is 112 Å². The molecule has 0 saturated carbocycles. The Morgan fingerprint density at radius 3 is 2.60 bits per heavy atom. The van der Waals surface area contributed by atoms with E-state index in [-0.39, 0.29) is 11.6 Å². The number of nitrogens with two attached hydrogens (primary N) is 1. The minimum Gasteiger partial charge on any atom is -0.444 e. The van der Waals surface area contributed by atoms with Gasteiger partial charge in [-0.1, -0.05) is 0 Å². The van der Waals surface area contributed by atoms with Crippen LogP contribution in [0.1, 0.15) is 30.4 Å². The summed E-state index contributed by atoms with van der Waals surface area (Å²) < 4.78 is 43.0. The predicted octanol–water partition coefficient (Wildman–Crippen LogP) is 2.55. The van der Waals surface area contributed by atoms with Gasteiger partial charge in [0.2, 0.25) is 11.7 Å². The number of nitrogen functional groups attached to an aromatic ring is 1. The molecular formula is C11H12F3N5O. The molecule has 0 fully saturated rings. The molecule has 9 heteroatoms. The fourth-order valence-electron chi connectivity index (χ4n) is 1.52. The average Bonchev–Trinajstić information content (AvgIpc) is 2.74. The van der Waals surface area contributed by atoms with Gasteiger partial charge >= 0.3 is 6.18 Å². The van der Waals surface area contributed by atoms with Crippen LogP contribution >= 0.6 is 0 Å². The number of oxazole rings is 1. The van der Waals surface area contributed by atoms with Gasteiger partial charge in [0.1, 0.15) is 23.4 Å². The third-order valence-corrected chi connectivity index (χ3v) is 2.37. The van der Waals surface area contributed by atoms with Crippen LogP contribution in [-0.4, -0.2) is 15.0 Å². The van der Waals surface area contributed by atoms with Gasteiger partial charge in [0, 0.05) is 6.07 Å². The molecule has 1 atom stereocenters. The van der Waals surface area contributed by atoms with E-state index in [0.717, 1.165) is 0 Å². The van der Waals surface area contributed by atoms with Crippen molar-refractivity contribution in [2.45, 2.75) is 26.1 Å². The topological polar surface area (TPSA) is 89.9 Å². The Morgan fingerprint density at radius 2 is 2.05 bits per heavy atom. The van der Waals surface area contributed by atoms with E-state index in [4.69, 9.17) is 10.2 Å². The molecule has 0 aliphatic rings. The summed E-state index contributed by atoms with van der Waals surface area (Å²) in [6.07, 6.45) is -3.14. The zero-order chi connectivity index (χ0) is 14.9. The minimum absolute atomic E-state index is 0.0480. The van der Waals surface area contributed by atoms with E-state index in [1.54, 1.807) is 13.8 Å². The monoisotopic (exact) mass is 287 g/mol. The van der Waals surface area contributed by atoms with Crippen LogP contribution in [0.2, 0.25) is 0 Å². The fourth-order valence-corrected chi connectivity index (χ4v) is 1.52. The molecule has 1 unspecified atom stereocenters. The predicted molar refractivity (Wildman–Crippen MR) is 64.7 cm³/mol. The molecule has 6 nitrogen and oxygen atoms in total. The van der Waals surface area contributed by atoms with Crippen LogP contribution in [0.15, 0.2) is 16.7 Å². The lowest BCUT2D eigenvalue weighted by atomic mass is 10.3. The summed E-state index contributed by atoms with van der Waals surface area (Å²) in [7, 11) is 0. The third kappa shape index (κ3) is 3.16. The van der Waals surface area contributed by atoms with Crippen molar-refractivity contribution in [3.63, 3.8) is 0 Å². The molecule has 0 radical (unpaired) electrons. The maximum Gasteiger partial charge on any atom is 0.451 e. The molecule has 3 N–H and O–H groups in total. The van der Waals surface area contributed by atoms with E-state index < -0.39 is 18.0 Å². The van der Waals surface area contributed by atoms with Crippen molar-refractivity contribution in [1.82, 2.24) is 15.0 Å². The second kappa shape index (κ2) is 4.99. The van der Waals surface area contributed by atoms with Crippen LogP contribution < -0.4 is 11.1 Å². The average molecular weight is 287 g/mol. The first kappa shape index (κ1) is 14.1. The quantitative estimate of drug-likeness (QED) is 0.901. The molecule has 0 saturated heterocycles. The molecule has 108 valence electrons. The van der Waals surface area contributed by atoms with Gasteiger partial charge in [-0.3, -0.25) is 0 Å². The van der Waals surface area contributed by atoms with E-state index in [1.807, 2.05) is 0 Å². The smallest absolute Gasteiger partial charge is 0.444 e. The van der Waals surface area contributed by atoms with Crippen molar-refractivity contribution >= 4 is 11.6 Å². The van der Waals surface area contributed by atoms with Gasteiger partial charge in [-0.05, 0) is 13.8 Å². The number of rotatable bonds is 3. The van der Waals surface area contributed by atoms with Gasteiger partial charge in [-0.2, -0.15) is 13.2 Å². The number of nitrogens with zero attached hydrogens (tertiary/aromatic N) is 3. The largest absolute Gasteiger partial charge is 0.451 e. The van der Waals surface area contributed by atoms with Crippen molar-refractivity contribution < 1.29 is 17.6 Å². The van der Waals surface area contributed by atoms with Crippen molar-refractivity contribution in [3.8, 4) is 0 Å². The molecule has 2 heterocycles. The fraction of sp³-hybridized carbons (Fsp3) is 0.364. The lowest BCUT2D eigenvalue weighted by Crippen LogP contribution is -2.16. The van der Waals surface area contributed by atoms with Gasteiger partial charge in [-0.25, -0.2) is 15.0 Å². The zero-order valence-electron chi connectivity index (χ0n) is 10.7. The molecule has 0 aromatic carbocycles. The normalized spacial score (nSPS) is 13.2. The highest BCUT2D eigenvalue weighted by Gasteiger charge is 2.35. The number of hydrogen-bond acceptors (Lipinski definition) is 6. The number of hydrogen-bond donors (Lipinski definition) is 2. The summed E-state index contributed by atoms with van der Waals surface area (Å²) in [5, 5.41) is 2.74. The zero-order valence-corrected chi connectivity index (χ0v) is 10.7. The van der Waals surface area contributed by atoms with Gasteiger partial charge in [0.05, 0.1) is 6.20 Å². The molecule has 2 rings (SSSR count). The number of anilines is 2. The highest BCUT2D eigenvalue weighted by Crippen LogP contribution is 2.28. The number of alkyl halides is 3. The maximum absolute atomic E-state index is 12.6. The molecule has 0 aliphatic heterocycles. The van der Waals surface area contributed by atoms with E-state index in [9.17, 15) is 13.2 Å². The second-order valence-corrected chi connectivity index (χ2v) is 4.17. The molecule has 0 aliphatic carbocycles. The molecule has 2 aromatic heterocycles. The van der Waals surface area contributed by atoms with Gasteiger partial charge < -0.3 is 15.5 Å². The highest BCUT2D eigenvalue weighted by molar-refractivity contribution is 5.45. The number of aromatic nitrogens is 3. The third-order valence-electron chi connectivity index (χ3n) is 2.37. The van der Waals surface area contributed by atoms with Crippen LogP contribution in [-0.2, 0) is 6.18 Å². The summed E-state index contributed by atoms with van der Waals surface area (Å²) in [5.41, 5.74) is 5.34. The van der Waals surface area contributed by atoms with Crippen LogP contribution in [0.3, 0.4) is 0 Å². The summed E-state index contributed by atoms with van der Waals surface area (Å²) in [5.74, 6) is -0.672. The standard InChI is InChI=1S/C11H12F3N5O/c1-5-4-16-9(20-5)6(2)17-8-3-7(15)18-10(19-8)11(12,13)14/h3-4,6H,1-2H3,(H3,15,17,18,19). The summed E-state index contributed by atoms with van der Waals surface area (Å²) in [6, 6.07) is 0.751. The van der Waals surface area contributed by atoms with E-state index in [2.05, 4.69) is 20.3 Å². The molecule has 0 spiro atoms. The van der Waals surface area contributed by atoms with Gasteiger partial charge in [0.15, 0.2) is 0 Å². The van der Waals surface area contributed by atoms with Crippen LogP contribution in [0.25, 0.3) is 0 Å². The SMILES string of the molecule is Cc1cnc(C(C)Nc2cc(N)nc(C(F)(F)F)n2)o1. The Bertz CT molecular complexity index is 610. The molecule has 0 amide bonds. The van der Waals surface area contributed by atoms with Gasteiger partial charge in [0.25, 0.3) is 0 Å². The number of aryl methyl sites for hydroxylation is 1. The van der Waals surface area contributed by atoms with Crippen LogP contribution in [0.5, 0.6) is 0 Å². The van der Waals surface area contributed by atoms with Crippen molar-refractivity contribution in [1.29, 1.82) is 0 Å². The minimum atomic E-state index is -4.66. The molecule has 0 bridgehead atoms. The summed E-state index contributed by atoms with van der Waals surface area (Å²) in [4.78, 5) is 10.5. The van der Waals surface area contributed by atoms with E-state index in [0.29, 0.717) is 11.7 Å². The first-order valence-corrected chi connectivity index (χ1v) is 5.66.